The summed E-state index contributed by atoms with van der Waals surface area (Å²) in [7, 11) is 0. The Morgan fingerprint density at radius 3 is 2.54 bits per heavy atom. The number of halogens is 1. The molecular weight excluding hydrogens is 335 g/mol. The van der Waals surface area contributed by atoms with E-state index in [1.165, 1.54) is 12.1 Å². The molecule has 0 bridgehead atoms. The van der Waals surface area contributed by atoms with Gasteiger partial charge in [-0.05, 0) is 56.9 Å². The number of nitrogens with zero attached hydrogens (tertiary/aromatic N) is 1. The van der Waals surface area contributed by atoms with E-state index in [0.29, 0.717) is 37.1 Å². The molecule has 2 rings (SSSR count). The van der Waals surface area contributed by atoms with Crippen LogP contribution in [0.4, 0.5) is 9.18 Å². The topological polar surface area (TPSA) is 58.6 Å². The Morgan fingerprint density at radius 1 is 1.31 bits per heavy atom. The lowest BCUT2D eigenvalue weighted by atomic mass is 10.0. The fourth-order valence-electron chi connectivity index (χ4n) is 2.93. The Balaban J connectivity index is 1.84. The molecule has 0 spiro atoms. The van der Waals surface area contributed by atoms with Crippen molar-refractivity contribution in [2.75, 3.05) is 13.1 Å². The van der Waals surface area contributed by atoms with Crippen LogP contribution in [0.5, 0.6) is 0 Å². The lowest BCUT2D eigenvalue weighted by Gasteiger charge is -2.33. The van der Waals surface area contributed by atoms with Crippen molar-refractivity contribution in [1.82, 2.24) is 10.2 Å². The number of likely N-dealkylation sites (tertiary alicyclic amines) is 1. The highest BCUT2D eigenvalue weighted by atomic mass is 19.1. The van der Waals surface area contributed by atoms with E-state index in [2.05, 4.69) is 11.9 Å². The van der Waals surface area contributed by atoms with Crippen molar-refractivity contribution in [3.8, 4) is 0 Å². The number of piperidine rings is 1. The molecule has 1 aliphatic rings. The maximum absolute atomic E-state index is 13.6. The van der Waals surface area contributed by atoms with E-state index in [-0.39, 0.29) is 24.2 Å². The van der Waals surface area contributed by atoms with Gasteiger partial charge in [-0.1, -0.05) is 18.7 Å². The van der Waals surface area contributed by atoms with Gasteiger partial charge < -0.3 is 15.0 Å². The number of nitrogens with one attached hydrogen (secondary N) is 1. The summed E-state index contributed by atoms with van der Waals surface area (Å²) in [6, 6.07) is 4.52. The van der Waals surface area contributed by atoms with Crippen LogP contribution in [0.25, 0.3) is 6.08 Å². The normalized spacial score (nSPS) is 15.5. The standard InChI is InChI=1S/C20H27FN2O3/c1-5-14-10-15(12-16(21)11-14)13-18(24)23-8-6-17(7-9-23)22-19(25)26-20(2,3)4/h5,10-12,17H,1,6-9,13H2,2-4H3,(H,22,25). The summed E-state index contributed by atoms with van der Waals surface area (Å²) < 4.78 is 18.8. The predicted octanol–water partition coefficient (Wildman–Crippen LogP) is 3.53. The molecule has 0 aliphatic carbocycles. The Kier molecular flexibility index (Phi) is 6.40. The fourth-order valence-corrected chi connectivity index (χ4v) is 2.93. The summed E-state index contributed by atoms with van der Waals surface area (Å²) in [4.78, 5) is 26.0. The molecule has 0 saturated carbocycles. The zero-order valence-corrected chi connectivity index (χ0v) is 15.7. The minimum atomic E-state index is -0.532. The molecule has 26 heavy (non-hydrogen) atoms. The van der Waals surface area contributed by atoms with E-state index in [0.717, 1.165) is 0 Å². The van der Waals surface area contributed by atoms with Gasteiger partial charge in [0.25, 0.3) is 0 Å². The SMILES string of the molecule is C=Cc1cc(F)cc(CC(=O)N2CCC(NC(=O)OC(C)(C)C)CC2)c1. The molecule has 0 unspecified atom stereocenters. The third kappa shape index (κ3) is 6.17. The molecule has 5 nitrogen and oxygen atoms in total. The van der Waals surface area contributed by atoms with E-state index in [1.807, 2.05) is 20.8 Å². The van der Waals surface area contributed by atoms with E-state index >= 15 is 0 Å². The molecule has 2 amide bonds. The minimum Gasteiger partial charge on any atom is -0.444 e. The smallest absolute Gasteiger partial charge is 0.407 e. The van der Waals surface area contributed by atoms with Gasteiger partial charge in [-0.3, -0.25) is 4.79 Å². The van der Waals surface area contributed by atoms with Crippen LogP contribution < -0.4 is 5.32 Å². The molecule has 1 aliphatic heterocycles. The van der Waals surface area contributed by atoms with Crippen LogP contribution in [0, 0.1) is 5.82 Å². The summed E-state index contributed by atoms with van der Waals surface area (Å²) in [5.74, 6) is -0.410. The van der Waals surface area contributed by atoms with Crippen molar-refractivity contribution in [2.24, 2.45) is 0 Å². The van der Waals surface area contributed by atoms with Gasteiger partial charge in [0.1, 0.15) is 11.4 Å². The van der Waals surface area contributed by atoms with Gasteiger partial charge in [0.2, 0.25) is 5.91 Å². The van der Waals surface area contributed by atoms with Gasteiger partial charge in [-0.15, -0.1) is 0 Å². The Bertz CT molecular complexity index is 674. The molecule has 1 aromatic carbocycles. The molecule has 1 fully saturated rings. The first-order valence-corrected chi connectivity index (χ1v) is 8.85. The summed E-state index contributed by atoms with van der Waals surface area (Å²) in [6.45, 7) is 10.2. The summed E-state index contributed by atoms with van der Waals surface area (Å²) >= 11 is 0. The van der Waals surface area contributed by atoms with E-state index < -0.39 is 11.7 Å². The Morgan fingerprint density at radius 2 is 1.96 bits per heavy atom. The monoisotopic (exact) mass is 362 g/mol. The van der Waals surface area contributed by atoms with Crippen molar-refractivity contribution in [3.05, 3.63) is 41.7 Å². The van der Waals surface area contributed by atoms with Gasteiger partial charge in [0, 0.05) is 19.1 Å². The molecule has 1 N–H and O–H groups in total. The second-order valence-corrected chi connectivity index (χ2v) is 7.58. The number of carbonyl (C=O) groups is 2. The number of carbonyl (C=O) groups excluding carboxylic acids is 2. The van der Waals surface area contributed by atoms with E-state index in [1.54, 1.807) is 17.0 Å². The second kappa shape index (κ2) is 8.34. The summed E-state index contributed by atoms with van der Waals surface area (Å²) in [5, 5.41) is 2.85. The molecule has 142 valence electrons. The summed E-state index contributed by atoms with van der Waals surface area (Å²) in [6.07, 6.45) is 2.63. The average Bonchev–Trinajstić information content (AvgIpc) is 2.53. The van der Waals surface area contributed by atoms with Crippen molar-refractivity contribution < 1.29 is 18.7 Å². The van der Waals surface area contributed by atoms with Crippen molar-refractivity contribution >= 4 is 18.1 Å². The number of ether oxygens (including phenoxy) is 1. The quantitative estimate of drug-likeness (QED) is 0.891. The number of benzene rings is 1. The predicted molar refractivity (Wildman–Crippen MR) is 99.2 cm³/mol. The lowest BCUT2D eigenvalue weighted by Crippen LogP contribution is -2.48. The first kappa shape index (κ1) is 19.9. The van der Waals surface area contributed by atoms with Crippen LogP contribution in [0.1, 0.15) is 44.7 Å². The third-order valence-corrected chi connectivity index (χ3v) is 4.14. The lowest BCUT2D eigenvalue weighted by molar-refractivity contribution is -0.131. The first-order valence-electron chi connectivity index (χ1n) is 8.85. The Hall–Kier alpha value is -2.37. The highest BCUT2D eigenvalue weighted by Crippen LogP contribution is 2.16. The first-order chi connectivity index (χ1) is 12.2. The van der Waals surface area contributed by atoms with Crippen molar-refractivity contribution in [3.63, 3.8) is 0 Å². The fraction of sp³-hybridized carbons (Fsp3) is 0.500. The van der Waals surface area contributed by atoms with Gasteiger partial charge in [-0.2, -0.15) is 0 Å². The van der Waals surface area contributed by atoms with Crippen LogP contribution in [0.3, 0.4) is 0 Å². The zero-order valence-electron chi connectivity index (χ0n) is 15.7. The van der Waals surface area contributed by atoms with Gasteiger partial charge in [0.15, 0.2) is 0 Å². The number of alkyl carbamates (subject to hydrolysis) is 1. The maximum atomic E-state index is 13.6. The summed E-state index contributed by atoms with van der Waals surface area (Å²) in [5.41, 5.74) is 0.766. The minimum absolute atomic E-state index is 0.00422. The van der Waals surface area contributed by atoms with Crippen molar-refractivity contribution in [2.45, 2.75) is 51.7 Å². The van der Waals surface area contributed by atoms with Crippen LogP contribution in [-0.2, 0) is 16.0 Å². The van der Waals surface area contributed by atoms with Gasteiger partial charge in [0.05, 0.1) is 6.42 Å². The average molecular weight is 362 g/mol. The number of hydrogen-bond acceptors (Lipinski definition) is 3. The number of rotatable bonds is 4. The zero-order chi connectivity index (χ0) is 19.3. The van der Waals surface area contributed by atoms with Crippen molar-refractivity contribution in [1.29, 1.82) is 0 Å². The van der Waals surface area contributed by atoms with Gasteiger partial charge in [-0.25, -0.2) is 9.18 Å². The Labute approximate surface area is 154 Å². The molecule has 1 saturated heterocycles. The highest BCUT2D eigenvalue weighted by molar-refractivity contribution is 5.79. The van der Waals surface area contributed by atoms with Crippen LogP contribution >= 0.6 is 0 Å². The molecule has 0 aromatic heterocycles. The molecule has 6 heteroatoms. The highest BCUT2D eigenvalue weighted by Gasteiger charge is 2.25. The van der Waals surface area contributed by atoms with Gasteiger partial charge >= 0.3 is 6.09 Å². The largest absolute Gasteiger partial charge is 0.444 e. The molecule has 1 aromatic rings. The molecule has 0 atom stereocenters. The third-order valence-electron chi connectivity index (χ3n) is 4.14. The van der Waals surface area contributed by atoms with E-state index in [4.69, 9.17) is 4.74 Å². The molecule has 1 heterocycles. The van der Waals surface area contributed by atoms with E-state index in [9.17, 15) is 14.0 Å². The van der Waals surface area contributed by atoms with Crippen LogP contribution in [-0.4, -0.2) is 41.6 Å². The number of hydrogen-bond donors (Lipinski definition) is 1. The second-order valence-electron chi connectivity index (χ2n) is 7.58. The van der Waals surface area contributed by atoms with Crippen LogP contribution in [0.15, 0.2) is 24.8 Å². The molecular formula is C20H27FN2O3. The van der Waals surface area contributed by atoms with Crippen LogP contribution in [0.2, 0.25) is 0 Å². The molecule has 0 radical (unpaired) electrons. The number of amides is 2. The maximum Gasteiger partial charge on any atom is 0.407 e.